The number of nitro groups is 1. The van der Waals surface area contributed by atoms with Crippen LogP contribution in [-0.2, 0) is 14.3 Å². The largest absolute Gasteiger partial charge is 0.458 e. The lowest BCUT2D eigenvalue weighted by Gasteiger charge is -2.16. The van der Waals surface area contributed by atoms with Gasteiger partial charge >= 0.3 is 12.0 Å². The summed E-state index contributed by atoms with van der Waals surface area (Å²) in [4.78, 5) is 47.1. The van der Waals surface area contributed by atoms with E-state index in [-0.39, 0.29) is 31.0 Å². The van der Waals surface area contributed by atoms with Gasteiger partial charge in [-0.3, -0.25) is 24.6 Å². The molecule has 0 unspecified atom stereocenters. The van der Waals surface area contributed by atoms with Crippen LogP contribution in [0.3, 0.4) is 0 Å². The molecule has 1 aromatic carbocycles. The van der Waals surface area contributed by atoms with E-state index in [1.165, 1.54) is 18.2 Å². The predicted molar refractivity (Wildman–Crippen MR) is 91.2 cm³/mol. The monoisotopic (exact) mass is 363 g/mol. The van der Waals surface area contributed by atoms with Crippen molar-refractivity contribution in [2.24, 2.45) is 0 Å². The van der Waals surface area contributed by atoms with Crippen molar-refractivity contribution < 1.29 is 24.0 Å². The maximum atomic E-state index is 12.0. The lowest BCUT2D eigenvalue weighted by atomic mass is 10.1. The van der Waals surface area contributed by atoms with Gasteiger partial charge in [0, 0.05) is 25.1 Å². The first-order valence-electron chi connectivity index (χ1n) is 8.20. The lowest BCUT2D eigenvalue weighted by molar-refractivity contribution is -0.385. The Morgan fingerprint density at radius 2 is 2.08 bits per heavy atom. The van der Waals surface area contributed by atoms with Crippen molar-refractivity contribution in [2.75, 3.05) is 6.54 Å². The van der Waals surface area contributed by atoms with E-state index in [1.54, 1.807) is 26.8 Å². The van der Waals surface area contributed by atoms with Crippen LogP contribution in [0.1, 0.15) is 45.3 Å². The number of benzene rings is 1. The maximum absolute atomic E-state index is 12.0. The van der Waals surface area contributed by atoms with Gasteiger partial charge in [0.25, 0.3) is 11.6 Å². The molecule has 0 aliphatic carbocycles. The summed E-state index contributed by atoms with van der Waals surface area (Å²) in [6.07, 6.45) is -0.343. The van der Waals surface area contributed by atoms with Crippen LogP contribution in [0.2, 0.25) is 0 Å². The van der Waals surface area contributed by atoms with E-state index < -0.39 is 28.6 Å². The highest BCUT2D eigenvalue weighted by atomic mass is 16.6. The van der Waals surface area contributed by atoms with Crippen LogP contribution in [0.4, 0.5) is 10.5 Å². The standard InChI is InChI=1S/C17H21N3O6/c1-11(12-6-4-7-13(10-12)20(24)25)26-14(21)8-5-9-19-15(22)17(2,3)18-16(19)23/h4,6-7,10-11H,5,8-9H2,1-3H3,(H,18,23)/t11-/m1/s1. The van der Waals surface area contributed by atoms with E-state index in [2.05, 4.69) is 5.32 Å². The van der Waals surface area contributed by atoms with E-state index in [9.17, 15) is 24.5 Å². The molecular formula is C17H21N3O6. The van der Waals surface area contributed by atoms with E-state index >= 15 is 0 Å². The topological polar surface area (TPSA) is 119 Å². The van der Waals surface area contributed by atoms with Crippen molar-refractivity contribution in [3.8, 4) is 0 Å². The summed E-state index contributed by atoms with van der Waals surface area (Å²) in [7, 11) is 0. The number of hydrogen-bond acceptors (Lipinski definition) is 6. The molecule has 1 atom stereocenters. The number of imide groups is 1. The van der Waals surface area contributed by atoms with Crippen LogP contribution in [0.25, 0.3) is 0 Å². The second kappa shape index (κ2) is 7.51. The zero-order valence-electron chi connectivity index (χ0n) is 14.9. The number of urea groups is 1. The number of nitrogens with one attached hydrogen (secondary N) is 1. The Labute approximate surface area is 150 Å². The molecule has 0 radical (unpaired) electrons. The first-order valence-corrected chi connectivity index (χ1v) is 8.20. The van der Waals surface area contributed by atoms with Gasteiger partial charge in [0.1, 0.15) is 11.6 Å². The van der Waals surface area contributed by atoms with Crippen molar-refractivity contribution in [3.63, 3.8) is 0 Å². The molecule has 0 spiro atoms. The zero-order chi connectivity index (χ0) is 19.5. The average molecular weight is 363 g/mol. The maximum Gasteiger partial charge on any atom is 0.325 e. The van der Waals surface area contributed by atoms with Gasteiger partial charge in [-0.05, 0) is 32.8 Å². The van der Waals surface area contributed by atoms with Gasteiger partial charge in [0.15, 0.2) is 0 Å². The summed E-state index contributed by atoms with van der Waals surface area (Å²) in [5.74, 6) is -0.837. The molecule has 26 heavy (non-hydrogen) atoms. The van der Waals surface area contributed by atoms with Crippen molar-refractivity contribution in [2.45, 2.75) is 45.3 Å². The van der Waals surface area contributed by atoms with Crippen LogP contribution in [-0.4, -0.2) is 39.8 Å². The summed E-state index contributed by atoms with van der Waals surface area (Å²) in [6.45, 7) is 4.97. The Balaban J connectivity index is 1.84. The molecule has 1 fully saturated rings. The normalized spacial score (nSPS) is 17.0. The number of ether oxygens (including phenoxy) is 1. The van der Waals surface area contributed by atoms with Gasteiger partial charge in [-0.2, -0.15) is 0 Å². The fourth-order valence-corrected chi connectivity index (χ4v) is 2.62. The minimum atomic E-state index is -0.936. The number of carbonyl (C=O) groups is 3. The van der Waals surface area contributed by atoms with Crippen LogP contribution >= 0.6 is 0 Å². The Kier molecular flexibility index (Phi) is 5.59. The third-order valence-electron chi connectivity index (χ3n) is 4.07. The number of rotatable bonds is 7. The van der Waals surface area contributed by atoms with Gasteiger partial charge in [0.05, 0.1) is 4.92 Å². The third-order valence-corrected chi connectivity index (χ3v) is 4.07. The number of hydrogen-bond donors (Lipinski definition) is 1. The molecule has 1 saturated heterocycles. The fraction of sp³-hybridized carbons (Fsp3) is 0.471. The number of carbonyl (C=O) groups excluding carboxylic acids is 3. The van der Waals surface area contributed by atoms with E-state index in [0.717, 1.165) is 4.90 Å². The van der Waals surface area contributed by atoms with Gasteiger partial charge in [-0.25, -0.2) is 4.79 Å². The molecule has 3 amide bonds. The summed E-state index contributed by atoms with van der Waals surface area (Å²) in [6, 6.07) is 5.40. The van der Waals surface area contributed by atoms with E-state index in [0.29, 0.717) is 5.56 Å². The van der Waals surface area contributed by atoms with Crippen LogP contribution in [0.15, 0.2) is 24.3 Å². The summed E-state index contributed by atoms with van der Waals surface area (Å²) < 4.78 is 5.26. The molecule has 0 bridgehead atoms. The quantitative estimate of drug-likeness (QED) is 0.344. The highest BCUT2D eigenvalue weighted by Gasteiger charge is 2.43. The average Bonchev–Trinajstić information content (AvgIpc) is 2.76. The van der Waals surface area contributed by atoms with E-state index in [1.807, 2.05) is 0 Å². The molecule has 9 nitrogen and oxygen atoms in total. The second-order valence-electron chi connectivity index (χ2n) is 6.60. The number of amides is 3. The first kappa shape index (κ1) is 19.4. The van der Waals surface area contributed by atoms with Gasteiger partial charge in [-0.15, -0.1) is 0 Å². The first-order chi connectivity index (χ1) is 12.1. The molecule has 1 aliphatic heterocycles. The minimum absolute atomic E-state index is 0.0246. The Morgan fingerprint density at radius 3 is 2.65 bits per heavy atom. The number of esters is 1. The summed E-state index contributed by atoms with van der Waals surface area (Å²) >= 11 is 0. The SMILES string of the molecule is C[C@@H](OC(=O)CCCN1C(=O)NC(C)(C)C1=O)c1cccc([N+](=O)[O-])c1. The highest BCUT2D eigenvalue weighted by molar-refractivity contribution is 6.06. The number of nitro benzene ring substituents is 1. The van der Waals surface area contributed by atoms with Crippen molar-refractivity contribution >= 4 is 23.6 Å². The molecule has 0 saturated carbocycles. The molecule has 1 heterocycles. The van der Waals surface area contributed by atoms with Gasteiger partial charge in [-0.1, -0.05) is 12.1 Å². The zero-order valence-corrected chi connectivity index (χ0v) is 14.9. The molecule has 1 aromatic rings. The lowest BCUT2D eigenvalue weighted by Crippen LogP contribution is -2.40. The number of nitrogens with zero attached hydrogens (tertiary/aromatic N) is 2. The second-order valence-corrected chi connectivity index (χ2v) is 6.60. The Morgan fingerprint density at radius 1 is 1.38 bits per heavy atom. The Bertz CT molecular complexity index is 746. The summed E-state index contributed by atoms with van der Waals surface area (Å²) in [5.41, 5.74) is -0.497. The van der Waals surface area contributed by atoms with Crippen LogP contribution in [0.5, 0.6) is 0 Å². The summed E-state index contributed by atoms with van der Waals surface area (Å²) in [5, 5.41) is 13.4. The minimum Gasteiger partial charge on any atom is -0.458 e. The number of non-ortho nitro benzene ring substituents is 1. The fourth-order valence-electron chi connectivity index (χ4n) is 2.62. The molecule has 140 valence electrons. The van der Waals surface area contributed by atoms with Crippen LogP contribution < -0.4 is 5.32 Å². The van der Waals surface area contributed by atoms with Crippen molar-refractivity contribution in [3.05, 3.63) is 39.9 Å². The van der Waals surface area contributed by atoms with Crippen LogP contribution in [0, 0.1) is 10.1 Å². The molecule has 9 heteroatoms. The molecular weight excluding hydrogens is 342 g/mol. The molecule has 2 rings (SSSR count). The van der Waals surface area contributed by atoms with Crippen molar-refractivity contribution in [1.29, 1.82) is 0 Å². The molecule has 1 N–H and O–H groups in total. The Hall–Kier alpha value is -2.97. The highest BCUT2D eigenvalue weighted by Crippen LogP contribution is 2.22. The third kappa shape index (κ3) is 4.35. The predicted octanol–water partition coefficient (Wildman–Crippen LogP) is 2.31. The van der Waals surface area contributed by atoms with Gasteiger partial charge in [0.2, 0.25) is 0 Å². The molecule has 1 aliphatic rings. The van der Waals surface area contributed by atoms with E-state index in [4.69, 9.17) is 4.74 Å². The van der Waals surface area contributed by atoms with Crippen molar-refractivity contribution in [1.82, 2.24) is 10.2 Å². The molecule has 0 aromatic heterocycles. The van der Waals surface area contributed by atoms with Gasteiger partial charge < -0.3 is 10.1 Å². The smallest absolute Gasteiger partial charge is 0.325 e.